The highest BCUT2D eigenvalue weighted by Gasteiger charge is 2.26. The quantitative estimate of drug-likeness (QED) is 0.664. The first-order chi connectivity index (χ1) is 12.8. The van der Waals surface area contributed by atoms with E-state index in [2.05, 4.69) is 4.98 Å². The van der Waals surface area contributed by atoms with E-state index >= 15 is 0 Å². The summed E-state index contributed by atoms with van der Waals surface area (Å²) in [6.45, 7) is 6.73. The summed E-state index contributed by atoms with van der Waals surface area (Å²) in [5, 5.41) is 1.82. The van der Waals surface area contributed by atoms with Crippen molar-refractivity contribution in [2.45, 2.75) is 33.7 Å². The number of rotatable bonds is 8. The van der Waals surface area contributed by atoms with Gasteiger partial charge >= 0.3 is 5.69 Å². The van der Waals surface area contributed by atoms with E-state index in [0.717, 1.165) is 5.56 Å². The lowest BCUT2D eigenvalue weighted by Crippen LogP contribution is -2.42. The molecule has 8 nitrogen and oxygen atoms in total. The van der Waals surface area contributed by atoms with E-state index < -0.39 is 11.2 Å². The van der Waals surface area contributed by atoms with E-state index in [1.165, 1.54) is 20.8 Å². The van der Waals surface area contributed by atoms with Gasteiger partial charge in [-0.15, -0.1) is 11.3 Å². The van der Waals surface area contributed by atoms with Crippen LogP contribution < -0.4 is 21.9 Å². The fraction of sp³-hybridized carbons (Fsp3) is 0.500. The van der Waals surface area contributed by atoms with Gasteiger partial charge in [0.15, 0.2) is 5.69 Å². The molecule has 0 aliphatic rings. The largest absolute Gasteiger partial charge is 0.385 e. The van der Waals surface area contributed by atoms with Gasteiger partial charge in [0.1, 0.15) is 5.82 Å². The lowest BCUT2D eigenvalue weighted by molar-refractivity contribution is 0.0986. The second-order valence-corrected chi connectivity index (χ2v) is 7.65. The summed E-state index contributed by atoms with van der Waals surface area (Å²) in [4.78, 5) is 42.1. The average molecular weight is 394 g/mol. The van der Waals surface area contributed by atoms with Crippen molar-refractivity contribution in [2.75, 3.05) is 30.9 Å². The number of anilines is 2. The van der Waals surface area contributed by atoms with Crippen LogP contribution in [0, 0.1) is 12.8 Å². The van der Waals surface area contributed by atoms with Gasteiger partial charge in [-0.25, -0.2) is 4.79 Å². The number of H-pyrrole nitrogens is 1. The van der Waals surface area contributed by atoms with Crippen LogP contribution in [-0.2, 0) is 11.3 Å². The Morgan fingerprint density at radius 3 is 2.67 bits per heavy atom. The van der Waals surface area contributed by atoms with Crippen molar-refractivity contribution in [1.29, 1.82) is 0 Å². The summed E-state index contributed by atoms with van der Waals surface area (Å²) < 4.78 is 6.38. The molecular weight excluding hydrogens is 368 g/mol. The van der Waals surface area contributed by atoms with Gasteiger partial charge in [-0.2, -0.15) is 0 Å². The standard InChI is InChI=1S/C18H26N4O4S/c1-11(2)10-22-15(19)13(16(23)20-18(22)25)21(7-5-8-26-4)17(24)14-12(3)6-9-27-14/h6,9,11H,5,7-8,10,19H2,1-4H3,(H,20,23,25). The fourth-order valence-electron chi connectivity index (χ4n) is 2.78. The Kier molecular flexibility index (Phi) is 6.98. The van der Waals surface area contributed by atoms with E-state index in [9.17, 15) is 14.4 Å². The topological polar surface area (TPSA) is 110 Å². The molecule has 2 heterocycles. The van der Waals surface area contributed by atoms with Crippen molar-refractivity contribution in [1.82, 2.24) is 9.55 Å². The molecular formula is C18H26N4O4S. The predicted molar refractivity (Wildman–Crippen MR) is 108 cm³/mol. The number of amides is 1. The van der Waals surface area contributed by atoms with Gasteiger partial charge in [-0.1, -0.05) is 13.8 Å². The molecule has 2 aromatic rings. The summed E-state index contributed by atoms with van der Waals surface area (Å²) in [5.74, 6) is -0.177. The fourth-order valence-corrected chi connectivity index (χ4v) is 3.65. The van der Waals surface area contributed by atoms with Crippen molar-refractivity contribution in [3.63, 3.8) is 0 Å². The monoisotopic (exact) mass is 394 g/mol. The molecule has 1 amide bonds. The number of nitrogen functional groups attached to an aromatic ring is 1. The molecule has 0 saturated heterocycles. The molecule has 0 aromatic carbocycles. The minimum atomic E-state index is -0.669. The van der Waals surface area contributed by atoms with E-state index in [0.29, 0.717) is 24.4 Å². The summed E-state index contributed by atoms with van der Waals surface area (Å²) in [7, 11) is 1.57. The first-order valence-corrected chi connectivity index (χ1v) is 9.63. The third kappa shape index (κ3) is 4.67. The Labute approximate surface area is 161 Å². The third-order valence-corrected chi connectivity index (χ3v) is 5.07. The summed E-state index contributed by atoms with van der Waals surface area (Å²) in [6.07, 6.45) is 0.523. The molecule has 3 N–H and O–H groups in total. The number of methoxy groups -OCH3 is 1. The van der Waals surface area contributed by atoms with Crippen LogP contribution in [0.2, 0.25) is 0 Å². The first kappa shape index (κ1) is 20.9. The molecule has 0 fully saturated rings. The number of hydrogen-bond donors (Lipinski definition) is 2. The van der Waals surface area contributed by atoms with Gasteiger partial charge in [0.2, 0.25) is 0 Å². The highest BCUT2D eigenvalue weighted by Crippen LogP contribution is 2.24. The van der Waals surface area contributed by atoms with Crippen LogP contribution >= 0.6 is 11.3 Å². The Bertz CT molecular complexity index is 913. The van der Waals surface area contributed by atoms with Crippen LogP contribution in [0.3, 0.4) is 0 Å². The second-order valence-electron chi connectivity index (χ2n) is 6.73. The minimum absolute atomic E-state index is 0.00238. The van der Waals surface area contributed by atoms with Gasteiger partial charge in [0.05, 0.1) is 4.88 Å². The van der Waals surface area contributed by atoms with E-state index in [1.807, 2.05) is 32.2 Å². The van der Waals surface area contributed by atoms with Gasteiger partial charge in [0, 0.05) is 26.8 Å². The molecule has 0 unspecified atom stereocenters. The molecule has 0 bridgehead atoms. The zero-order valence-electron chi connectivity index (χ0n) is 16.1. The number of aryl methyl sites for hydroxylation is 1. The van der Waals surface area contributed by atoms with Crippen molar-refractivity contribution >= 4 is 28.7 Å². The number of hydrogen-bond acceptors (Lipinski definition) is 6. The number of nitrogens with zero attached hydrogens (tertiary/aromatic N) is 2. The van der Waals surface area contributed by atoms with Crippen LogP contribution in [0.5, 0.6) is 0 Å². The normalized spacial score (nSPS) is 11.1. The van der Waals surface area contributed by atoms with Crippen molar-refractivity contribution in [2.24, 2.45) is 5.92 Å². The second kappa shape index (κ2) is 9.01. The number of aromatic amines is 1. The average Bonchev–Trinajstić information content (AvgIpc) is 3.02. The first-order valence-electron chi connectivity index (χ1n) is 8.75. The maximum Gasteiger partial charge on any atom is 0.330 e. The SMILES string of the molecule is COCCCN(C(=O)c1sccc1C)c1c(N)n(CC(C)C)c(=O)[nH]c1=O. The molecule has 2 aromatic heterocycles. The lowest BCUT2D eigenvalue weighted by Gasteiger charge is -2.24. The van der Waals surface area contributed by atoms with Gasteiger partial charge in [-0.05, 0) is 36.3 Å². The summed E-state index contributed by atoms with van der Waals surface area (Å²) >= 11 is 1.31. The van der Waals surface area contributed by atoms with Crippen molar-refractivity contribution < 1.29 is 9.53 Å². The molecule has 27 heavy (non-hydrogen) atoms. The summed E-state index contributed by atoms with van der Waals surface area (Å²) in [6, 6.07) is 1.85. The number of aromatic nitrogens is 2. The van der Waals surface area contributed by atoms with Crippen LogP contribution in [0.4, 0.5) is 11.5 Å². The molecule has 0 atom stereocenters. The van der Waals surface area contributed by atoms with Crippen LogP contribution in [-0.4, -0.2) is 35.7 Å². The number of thiophene rings is 1. The summed E-state index contributed by atoms with van der Waals surface area (Å²) in [5.41, 5.74) is 5.77. The van der Waals surface area contributed by atoms with Crippen LogP contribution in [0.25, 0.3) is 0 Å². The molecule has 0 spiro atoms. The third-order valence-electron chi connectivity index (χ3n) is 4.06. The number of nitrogens with one attached hydrogen (secondary N) is 1. The zero-order valence-corrected chi connectivity index (χ0v) is 16.9. The lowest BCUT2D eigenvalue weighted by atomic mass is 10.2. The zero-order chi connectivity index (χ0) is 20.1. The molecule has 0 aliphatic carbocycles. The highest BCUT2D eigenvalue weighted by molar-refractivity contribution is 7.12. The number of carbonyl (C=O) groups is 1. The van der Waals surface area contributed by atoms with E-state index in [1.54, 1.807) is 7.11 Å². The predicted octanol–water partition coefficient (Wildman–Crippen LogP) is 1.83. The van der Waals surface area contributed by atoms with Gasteiger partial charge < -0.3 is 10.5 Å². The minimum Gasteiger partial charge on any atom is -0.385 e. The number of carbonyl (C=O) groups excluding carboxylic acids is 1. The molecule has 0 radical (unpaired) electrons. The smallest absolute Gasteiger partial charge is 0.330 e. The van der Waals surface area contributed by atoms with Gasteiger partial charge in [0.25, 0.3) is 11.5 Å². The maximum atomic E-state index is 13.1. The molecule has 9 heteroatoms. The van der Waals surface area contributed by atoms with Crippen LogP contribution in [0.15, 0.2) is 21.0 Å². The molecule has 0 saturated carbocycles. The van der Waals surface area contributed by atoms with Crippen molar-refractivity contribution in [3.05, 3.63) is 42.7 Å². The Morgan fingerprint density at radius 2 is 2.11 bits per heavy atom. The number of nitrogens with two attached hydrogens (primary N) is 1. The molecule has 148 valence electrons. The Morgan fingerprint density at radius 1 is 1.41 bits per heavy atom. The molecule has 0 aliphatic heterocycles. The Balaban J connectivity index is 2.58. The van der Waals surface area contributed by atoms with Crippen molar-refractivity contribution in [3.8, 4) is 0 Å². The highest BCUT2D eigenvalue weighted by atomic mass is 32.1. The van der Waals surface area contributed by atoms with Gasteiger partial charge in [-0.3, -0.25) is 24.0 Å². The number of ether oxygens (including phenoxy) is 1. The molecule has 2 rings (SSSR count). The Hall–Kier alpha value is -2.39. The van der Waals surface area contributed by atoms with Crippen LogP contribution in [0.1, 0.15) is 35.5 Å². The van der Waals surface area contributed by atoms with E-state index in [4.69, 9.17) is 10.5 Å². The van der Waals surface area contributed by atoms with E-state index in [-0.39, 0.29) is 29.9 Å². The maximum absolute atomic E-state index is 13.1.